The van der Waals surface area contributed by atoms with Gasteiger partial charge in [0.1, 0.15) is 31.0 Å². The van der Waals surface area contributed by atoms with Crippen LogP contribution in [-0.4, -0.2) is 115 Å². The standard InChI is InChI=1S/C52H68N10O8S/c1-33(2)70-31-46(66)60-23-24-69-50-41(60)25-37(28-54-50)39-21-22-43-56-42(30-62(43)59-39)57-44(64)15-13-11-9-7-8-10-12-14-16-45(65)58-48(52(4,5)6)51(68)61-29-38(63)26-40(61)49(67)53-27-35-17-19-36(20-18-35)47-34(3)55-32-71-47/h17-22,25,28,30,32-33,38,40,48,63H,7-16,23-24,26-27,29,31H2,1-6H3,(H,53,67)(H,57,64)(H,58,65)/t38-,40+,48-/m1/s1. The van der Waals surface area contributed by atoms with Crippen molar-refractivity contribution in [1.29, 1.82) is 0 Å². The van der Waals surface area contributed by atoms with Crippen LogP contribution < -0.4 is 25.6 Å². The summed E-state index contributed by atoms with van der Waals surface area (Å²) in [5.74, 6) is -0.437. The summed E-state index contributed by atoms with van der Waals surface area (Å²) in [6.07, 6.45) is 10.4. The van der Waals surface area contributed by atoms with Crippen LogP contribution >= 0.6 is 11.3 Å². The normalized spacial score (nSPS) is 16.2. The Hall–Kier alpha value is -6.31. The monoisotopic (exact) mass is 992 g/mol. The highest BCUT2D eigenvalue weighted by Gasteiger charge is 2.44. The van der Waals surface area contributed by atoms with E-state index in [-0.39, 0.29) is 68.2 Å². The lowest BCUT2D eigenvalue weighted by Crippen LogP contribution is -2.57. The Morgan fingerprint density at radius 1 is 0.915 bits per heavy atom. The summed E-state index contributed by atoms with van der Waals surface area (Å²) >= 11 is 1.58. The van der Waals surface area contributed by atoms with Crippen LogP contribution in [0.15, 0.2) is 60.4 Å². The minimum atomic E-state index is -0.867. The summed E-state index contributed by atoms with van der Waals surface area (Å²) in [5, 5.41) is 24.1. The van der Waals surface area contributed by atoms with E-state index in [9.17, 15) is 29.1 Å². The van der Waals surface area contributed by atoms with Gasteiger partial charge in [-0.05, 0) is 68.4 Å². The smallest absolute Gasteiger partial charge is 0.253 e. The topological polar surface area (TPSA) is 223 Å². The van der Waals surface area contributed by atoms with Gasteiger partial charge in [0.25, 0.3) is 5.91 Å². The number of unbranched alkanes of at least 4 members (excludes halogenated alkanes) is 7. The molecule has 0 spiro atoms. The number of fused-ring (bicyclic) bond motifs is 2. The predicted molar refractivity (Wildman–Crippen MR) is 272 cm³/mol. The highest BCUT2D eigenvalue weighted by molar-refractivity contribution is 7.13. The molecule has 6 heterocycles. The molecule has 0 aliphatic carbocycles. The molecule has 0 unspecified atom stereocenters. The number of β-amino-alcohol motifs (C(OH)–C–C–N with tert-alkyl or cyclic N) is 1. The van der Waals surface area contributed by atoms with Gasteiger partial charge < -0.3 is 40.3 Å². The van der Waals surface area contributed by atoms with Crippen LogP contribution in [0, 0.1) is 12.3 Å². The van der Waals surface area contributed by atoms with Crippen molar-refractivity contribution in [2.45, 2.75) is 143 Å². The van der Waals surface area contributed by atoms with Gasteiger partial charge >= 0.3 is 0 Å². The number of aryl methyl sites for hydroxylation is 1. The van der Waals surface area contributed by atoms with Gasteiger partial charge in [-0.3, -0.25) is 24.0 Å². The summed E-state index contributed by atoms with van der Waals surface area (Å²) < 4.78 is 12.9. The molecule has 1 saturated heterocycles. The molecule has 4 aromatic heterocycles. The first kappa shape index (κ1) is 52.5. The molecule has 1 fully saturated rings. The molecule has 380 valence electrons. The maximum atomic E-state index is 14.0. The summed E-state index contributed by atoms with van der Waals surface area (Å²) in [5.41, 5.74) is 6.55. The molecular formula is C52H68N10O8S. The number of pyridine rings is 1. The van der Waals surface area contributed by atoms with Crippen LogP contribution in [-0.2, 0) is 35.3 Å². The molecule has 0 saturated carbocycles. The number of benzene rings is 1. The largest absolute Gasteiger partial charge is 0.474 e. The Bertz CT molecular complexity index is 2640. The first-order valence-corrected chi connectivity index (χ1v) is 25.7. The lowest BCUT2D eigenvalue weighted by molar-refractivity contribution is -0.144. The predicted octanol–water partition coefficient (Wildman–Crippen LogP) is 7.02. The number of aromatic nitrogens is 5. The number of nitrogens with zero attached hydrogens (tertiary/aromatic N) is 7. The molecule has 0 radical (unpaired) electrons. The first-order valence-electron chi connectivity index (χ1n) is 24.8. The van der Waals surface area contributed by atoms with Gasteiger partial charge in [0.05, 0.1) is 46.7 Å². The van der Waals surface area contributed by atoms with E-state index in [2.05, 4.69) is 30.9 Å². The number of aliphatic hydroxyl groups excluding tert-OH is 1. The Morgan fingerprint density at radius 3 is 2.30 bits per heavy atom. The van der Waals surface area contributed by atoms with Gasteiger partial charge in [0.15, 0.2) is 11.5 Å². The zero-order valence-electron chi connectivity index (χ0n) is 41.7. The molecule has 5 aromatic rings. The highest BCUT2D eigenvalue weighted by atomic mass is 32.1. The van der Waals surface area contributed by atoms with Gasteiger partial charge in [-0.15, -0.1) is 11.3 Å². The van der Waals surface area contributed by atoms with Gasteiger partial charge in [0.2, 0.25) is 29.5 Å². The Kier molecular flexibility index (Phi) is 17.9. The van der Waals surface area contributed by atoms with E-state index >= 15 is 0 Å². The van der Waals surface area contributed by atoms with E-state index in [1.165, 1.54) is 4.90 Å². The van der Waals surface area contributed by atoms with Crippen molar-refractivity contribution in [2.24, 2.45) is 5.41 Å². The minimum Gasteiger partial charge on any atom is -0.474 e. The number of anilines is 2. The van der Waals surface area contributed by atoms with Crippen molar-refractivity contribution in [1.82, 2.24) is 40.1 Å². The molecule has 3 atom stereocenters. The van der Waals surface area contributed by atoms with Crippen molar-refractivity contribution in [3.8, 4) is 27.6 Å². The number of carbonyl (C=O) groups excluding carboxylic acids is 5. The van der Waals surface area contributed by atoms with Crippen molar-refractivity contribution in [3.05, 3.63) is 71.6 Å². The number of nitrogens with one attached hydrogen (secondary N) is 3. The molecule has 71 heavy (non-hydrogen) atoms. The molecule has 1 aromatic carbocycles. The molecule has 18 nitrogen and oxygen atoms in total. The van der Waals surface area contributed by atoms with E-state index in [4.69, 9.17) is 14.6 Å². The molecule has 19 heteroatoms. The average Bonchev–Trinajstić information content (AvgIpc) is 4.08. The van der Waals surface area contributed by atoms with E-state index in [0.717, 1.165) is 66.6 Å². The summed E-state index contributed by atoms with van der Waals surface area (Å²) in [4.78, 5) is 83.8. The lowest BCUT2D eigenvalue weighted by Gasteiger charge is -2.35. The molecule has 2 aliphatic rings. The number of thiazole rings is 1. The first-order chi connectivity index (χ1) is 34.0. The maximum Gasteiger partial charge on any atom is 0.253 e. The van der Waals surface area contributed by atoms with E-state index in [0.29, 0.717) is 60.3 Å². The van der Waals surface area contributed by atoms with E-state index < -0.39 is 23.6 Å². The van der Waals surface area contributed by atoms with Gasteiger partial charge in [0, 0.05) is 44.1 Å². The summed E-state index contributed by atoms with van der Waals surface area (Å²) in [6, 6.07) is 11.7. The molecular weight excluding hydrogens is 925 g/mol. The summed E-state index contributed by atoms with van der Waals surface area (Å²) in [7, 11) is 0. The zero-order chi connectivity index (χ0) is 50.7. The van der Waals surface area contributed by atoms with Crippen molar-refractivity contribution in [3.63, 3.8) is 0 Å². The molecule has 2 aliphatic heterocycles. The molecule has 7 rings (SSSR count). The zero-order valence-corrected chi connectivity index (χ0v) is 42.6. The maximum absolute atomic E-state index is 14.0. The quantitative estimate of drug-likeness (QED) is 0.0514. The average molecular weight is 993 g/mol. The fourth-order valence-electron chi connectivity index (χ4n) is 8.76. The van der Waals surface area contributed by atoms with Crippen molar-refractivity contribution < 1.29 is 38.6 Å². The van der Waals surface area contributed by atoms with Crippen molar-refractivity contribution >= 4 is 58.0 Å². The fourth-order valence-corrected chi connectivity index (χ4v) is 9.57. The number of ether oxygens (including phenoxy) is 2. The molecule has 4 N–H and O–H groups in total. The van der Waals surface area contributed by atoms with Crippen molar-refractivity contribution in [2.75, 3.05) is 36.5 Å². The van der Waals surface area contributed by atoms with E-state index in [1.54, 1.807) is 33.1 Å². The van der Waals surface area contributed by atoms with Crippen LogP contribution in [0.25, 0.3) is 27.3 Å². The second-order valence-electron chi connectivity index (χ2n) is 19.8. The number of imidazole rings is 1. The second kappa shape index (κ2) is 24.2. The van der Waals surface area contributed by atoms with Crippen LogP contribution in [0.3, 0.4) is 0 Å². The Labute approximate surface area is 419 Å². The van der Waals surface area contributed by atoms with Gasteiger partial charge in [-0.25, -0.2) is 19.5 Å². The third kappa shape index (κ3) is 14.2. The third-order valence-corrected chi connectivity index (χ3v) is 13.6. The number of likely N-dealkylation sites (tertiary alicyclic amines) is 1. The highest BCUT2D eigenvalue weighted by Crippen LogP contribution is 2.34. The lowest BCUT2D eigenvalue weighted by atomic mass is 9.85. The van der Waals surface area contributed by atoms with Crippen LogP contribution in [0.2, 0.25) is 0 Å². The molecule has 5 amide bonds. The van der Waals surface area contributed by atoms with Crippen LogP contribution in [0.5, 0.6) is 5.88 Å². The SMILES string of the molecule is Cc1ncsc1-c1ccc(CNC(=O)[C@@H]2C[C@@H](O)CN2C(=O)[C@@H](NC(=O)CCCCCCCCCCC(=O)Nc2cn3nc(-c4cnc5c(c4)N(C(=O)COC(C)C)CCO5)ccc3n2)C(C)(C)C)cc1. The number of aliphatic hydroxyl groups is 1. The van der Waals surface area contributed by atoms with Gasteiger partial charge in [-0.2, -0.15) is 5.10 Å². The number of rotatable bonds is 22. The Balaban J connectivity index is 0.775. The minimum absolute atomic E-state index is 0.0211. The van der Waals surface area contributed by atoms with Gasteiger partial charge in [-0.1, -0.05) is 83.6 Å². The Morgan fingerprint density at radius 2 is 1.62 bits per heavy atom. The molecule has 0 bridgehead atoms. The number of hydrogen-bond acceptors (Lipinski definition) is 13. The van der Waals surface area contributed by atoms with Crippen LogP contribution in [0.1, 0.15) is 117 Å². The third-order valence-electron chi connectivity index (χ3n) is 12.7. The number of amides is 5. The number of carbonyl (C=O) groups is 5. The fraction of sp³-hybridized carbons (Fsp3) is 0.519. The van der Waals surface area contributed by atoms with E-state index in [1.807, 2.05) is 89.5 Å². The summed E-state index contributed by atoms with van der Waals surface area (Å²) in [6.45, 7) is 12.4. The van der Waals surface area contributed by atoms with Crippen LogP contribution in [0.4, 0.5) is 11.5 Å². The number of hydrogen-bond donors (Lipinski definition) is 4. The second-order valence-corrected chi connectivity index (χ2v) is 20.6.